The molecule has 2 unspecified atom stereocenters. The van der Waals surface area contributed by atoms with Gasteiger partial charge in [0.2, 0.25) is 0 Å². The maximum atomic E-state index is 13.6. The van der Waals surface area contributed by atoms with Gasteiger partial charge in [0.25, 0.3) is 0 Å². The van der Waals surface area contributed by atoms with E-state index in [1.54, 1.807) is 42.7 Å². The van der Waals surface area contributed by atoms with E-state index in [4.69, 9.17) is 0 Å². The number of pyridine rings is 1. The molecule has 0 aliphatic carbocycles. The first-order valence-electron chi connectivity index (χ1n) is 6.24. The largest absolute Gasteiger partial charge is 0.387 e. The summed E-state index contributed by atoms with van der Waals surface area (Å²) in [5, 5.41) is 13.1. The second-order valence-electron chi connectivity index (χ2n) is 4.45. The molecule has 0 radical (unpaired) electrons. The minimum absolute atomic E-state index is 0.155. The maximum absolute atomic E-state index is 13.6. The van der Waals surface area contributed by atoms with Crippen LogP contribution in [0.4, 0.5) is 4.39 Å². The van der Waals surface area contributed by atoms with Crippen LogP contribution in [0, 0.1) is 5.82 Å². The summed E-state index contributed by atoms with van der Waals surface area (Å²) in [6.07, 6.45) is 2.65. The van der Waals surface area contributed by atoms with Crippen molar-refractivity contribution in [3.63, 3.8) is 0 Å². The van der Waals surface area contributed by atoms with Crippen LogP contribution in [0.15, 0.2) is 48.8 Å². The number of rotatable bonds is 5. The molecule has 4 heteroatoms. The molecule has 0 fully saturated rings. The standard InChI is InChI=1S/C15H17FN2O/c1-11(13-4-2-3-5-14(13)16)18-10-15(19)12-6-8-17-9-7-12/h2-9,11,15,18-19H,10H2,1H3. The first-order valence-corrected chi connectivity index (χ1v) is 6.24. The first kappa shape index (κ1) is 13.6. The van der Waals surface area contributed by atoms with Gasteiger partial charge >= 0.3 is 0 Å². The third kappa shape index (κ3) is 3.59. The van der Waals surface area contributed by atoms with E-state index in [9.17, 15) is 9.50 Å². The van der Waals surface area contributed by atoms with Crippen LogP contribution in [0.2, 0.25) is 0 Å². The Morgan fingerprint density at radius 1 is 1.21 bits per heavy atom. The number of nitrogens with one attached hydrogen (secondary N) is 1. The minimum Gasteiger partial charge on any atom is -0.387 e. The van der Waals surface area contributed by atoms with Crippen molar-refractivity contribution in [2.75, 3.05) is 6.54 Å². The van der Waals surface area contributed by atoms with Crippen molar-refractivity contribution in [3.8, 4) is 0 Å². The summed E-state index contributed by atoms with van der Waals surface area (Å²) < 4.78 is 13.6. The normalized spacial score (nSPS) is 14.1. The van der Waals surface area contributed by atoms with E-state index in [0.717, 1.165) is 5.56 Å². The van der Waals surface area contributed by atoms with Gasteiger partial charge < -0.3 is 10.4 Å². The lowest BCUT2D eigenvalue weighted by molar-refractivity contribution is 0.170. The highest BCUT2D eigenvalue weighted by Gasteiger charge is 2.12. The van der Waals surface area contributed by atoms with Crippen LogP contribution in [0.3, 0.4) is 0 Å². The van der Waals surface area contributed by atoms with Gasteiger partial charge in [-0.25, -0.2) is 4.39 Å². The zero-order chi connectivity index (χ0) is 13.7. The number of aliphatic hydroxyl groups is 1. The molecule has 0 amide bonds. The summed E-state index contributed by atoms with van der Waals surface area (Å²) in [6, 6.07) is 10.0. The molecular weight excluding hydrogens is 243 g/mol. The van der Waals surface area contributed by atoms with Crippen molar-refractivity contribution in [2.24, 2.45) is 0 Å². The van der Waals surface area contributed by atoms with Gasteiger partial charge in [-0.1, -0.05) is 18.2 Å². The van der Waals surface area contributed by atoms with Gasteiger partial charge in [0.15, 0.2) is 0 Å². The number of nitrogens with zero attached hydrogens (tertiary/aromatic N) is 1. The third-order valence-electron chi connectivity index (χ3n) is 3.08. The molecule has 100 valence electrons. The van der Waals surface area contributed by atoms with E-state index in [1.807, 2.05) is 6.92 Å². The van der Waals surface area contributed by atoms with Crippen molar-refractivity contribution in [1.82, 2.24) is 10.3 Å². The molecule has 0 spiro atoms. The SMILES string of the molecule is CC(NCC(O)c1ccncc1)c1ccccc1F. The molecule has 19 heavy (non-hydrogen) atoms. The molecule has 0 saturated heterocycles. The number of aromatic nitrogens is 1. The average Bonchev–Trinajstić information content (AvgIpc) is 2.46. The van der Waals surface area contributed by atoms with Crippen LogP contribution >= 0.6 is 0 Å². The Kier molecular flexibility index (Phi) is 4.60. The second kappa shape index (κ2) is 6.41. The highest BCUT2D eigenvalue weighted by molar-refractivity contribution is 5.21. The lowest BCUT2D eigenvalue weighted by Gasteiger charge is -2.18. The number of hydrogen-bond donors (Lipinski definition) is 2. The summed E-state index contributed by atoms with van der Waals surface area (Å²) in [6.45, 7) is 2.23. The van der Waals surface area contributed by atoms with Gasteiger partial charge in [0.05, 0.1) is 6.10 Å². The fourth-order valence-corrected chi connectivity index (χ4v) is 1.93. The number of benzene rings is 1. The molecule has 1 heterocycles. The maximum Gasteiger partial charge on any atom is 0.127 e. The molecule has 0 bridgehead atoms. The van der Waals surface area contributed by atoms with Crippen LogP contribution in [0.25, 0.3) is 0 Å². The summed E-state index contributed by atoms with van der Waals surface area (Å²) in [4.78, 5) is 3.90. The van der Waals surface area contributed by atoms with E-state index in [0.29, 0.717) is 12.1 Å². The lowest BCUT2D eigenvalue weighted by atomic mass is 10.1. The zero-order valence-corrected chi connectivity index (χ0v) is 10.8. The van der Waals surface area contributed by atoms with E-state index in [2.05, 4.69) is 10.3 Å². The van der Waals surface area contributed by atoms with Gasteiger partial charge in [-0.05, 0) is 30.7 Å². The molecule has 0 aliphatic heterocycles. The van der Waals surface area contributed by atoms with Crippen molar-refractivity contribution < 1.29 is 9.50 Å². The number of halogens is 1. The van der Waals surface area contributed by atoms with Crippen LogP contribution in [-0.4, -0.2) is 16.6 Å². The van der Waals surface area contributed by atoms with Crippen LogP contribution in [0.5, 0.6) is 0 Å². The Hall–Kier alpha value is -1.78. The van der Waals surface area contributed by atoms with Crippen LogP contribution < -0.4 is 5.32 Å². The summed E-state index contributed by atoms with van der Waals surface area (Å²) in [5.41, 5.74) is 1.40. The van der Waals surface area contributed by atoms with E-state index >= 15 is 0 Å². The Labute approximate surface area is 112 Å². The first-order chi connectivity index (χ1) is 9.18. The molecule has 2 N–H and O–H groups in total. The van der Waals surface area contributed by atoms with Crippen molar-refractivity contribution in [1.29, 1.82) is 0 Å². The predicted molar refractivity (Wildman–Crippen MR) is 72.0 cm³/mol. The van der Waals surface area contributed by atoms with Crippen LogP contribution in [0.1, 0.15) is 30.2 Å². The Morgan fingerprint density at radius 2 is 1.89 bits per heavy atom. The number of hydrogen-bond acceptors (Lipinski definition) is 3. The van der Waals surface area contributed by atoms with E-state index in [-0.39, 0.29) is 11.9 Å². The second-order valence-corrected chi connectivity index (χ2v) is 4.45. The molecule has 2 atom stereocenters. The minimum atomic E-state index is -0.628. The fourth-order valence-electron chi connectivity index (χ4n) is 1.93. The third-order valence-corrected chi connectivity index (χ3v) is 3.08. The zero-order valence-electron chi connectivity index (χ0n) is 10.8. The molecule has 0 saturated carbocycles. The summed E-state index contributed by atoms with van der Waals surface area (Å²) in [7, 11) is 0. The highest BCUT2D eigenvalue weighted by atomic mass is 19.1. The topological polar surface area (TPSA) is 45.1 Å². The Bertz CT molecular complexity index is 519. The smallest absolute Gasteiger partial charge is 0.127 e. The summed E-state index contributed by atoms with van der Waals surface area (Å²) in [5.74, 6) is -0.235. The number of aliphatic hydroxyl groups excluding tert-OH is 1. The Morgan fingerprint density at radius 3 is 2.58 bits per heavy atom. The molecular formula is C15H17FN2O. The van der Waals surface area contributed by atoms with Crippen LogP contribution in [-0.2, 0) is 0 Å². The Balaban J connectivity index is 1.94. The molecule has 2 rings (SSSR count). The molecule has 1 aromatic carbocycles. The average molecular weight is 260 g/mol. The van der Waals surface area contributed by atoms with Gasteiger partial charge in [0, 0.05) is 30.5 Å². The monoisotopic (exact) mass is 260 g/mol. The fraction of sp³-hybridized carbons (Fsp3) is 0.267. The van der Waals surface area contributed by atoms with Crippen molar-refractivity contribution >= 4 is 0 Å². The molecule has 2 aromatic rings. The molecule has 0 aliphatic rings. The molecule has 1 aromatic heterocycles. The van der Waals surface area contributed by atoms with Crippen molar-refractivity contribution in [3.05, 3.63) is 65.7 Å². The quantitative estimate of drug-likeness (QED) is 0.868. The predicted octanol–water partition coefficient (Wildman–Crippen LogP) is 2.60. The van der Waals surface area contributed by atoms with Gasteiger partial charge in [-0.15, -0.1) is 0 Å². The lowest BCUT2D eigenvalue weighted by Crippen LogP contribution is -2.25. The van der Waals surface area contributed by atoms with Gasteiger partial charge in [0.1, 0.15) is 5.82 Å². The molecule has 3 nitrogen and oxygen atoms in total. The summed E-state index contributed by atoms with van der Waals surface area (Å²) >= 11 is 0. The van der Waals surface area contributed by atoms with Crippen molar-refractivity contribution in [2.45, 2.75) is 19.1 Å². The van der Waals surface area contributed by atoms with E-state index < -0.39 is 6.10 Å². The highest BCUT2D eigenvalue weighted by Crippen LogP contribution is 2.17. The van der Waals surface area contributed by atoms with Gasteiger partial charge in [-0.3, -0.25) is 4.98 Å². The van der Waals surface area contributed by atoms with E-state index in [1.165, 1.54) is 6.07 Å². The van der Waals surface area contributed by atoms with Gasteiger partial charge in [-0.2, -0.15) is 0 Å².